The van der Waals surface area contributed by atoms with Crippen molar-refractivity contribution in [1.29, 1.82) is 0 Å². The van der Waals surface area contributed by atoms with Gasteiger partial charge < -0.3 is 10.2 Å². The summed E-state index contributed by atoms with van der Waals surface area (Å²) >= 11 is 0. The van der Waals surface area contributed by atoms with Gasteiger partial charge in [0.25, 0.3) is 0 Å². The summed E-state index contributed by atoms with van der Waals surface area (Å²) in [5.41, 5.74) is 4.50. The minimum Gasteiger partial charge on any atom is -0.367 e. The molecule has 0 aliphatic rings. The maximum absolute atomic E-state index is 4.64. The second-order valence-electron chi connectivity index (χ2n) is 6.20. The average Bonchev–Trinajstić information content (AvgIpc) is 2.62. The Morgan fingerprint density at radius 3 is 2.38 bits per heavy atom. The number of fused-ring (bicyclic) bond motifs is 1. The highest BCUT2D eigenvalue weighted by Gasteiger charge is 2.14. The zero-order chi connectivity index (χ0) is 16.9. The molecule has 0 aliphatic heterocycles. The van der Waals surface area contributed by atoms with Gasteiger partial charge in [-0.1, -0.05) is 43.3 Å². The van der Waals surface area contributed by atoms with Crippen molar-refractivity contribution in [2.75, 3.05) is 26.0 Å². The Morgan fingerprint density at radius 1 is 1.00 bits per heavy atom. The number of aryl methyl sites for hydroxylation is 1. The van der Waals surface area contributed by atoms with Crippen LogP contribution in [0.2, 0.25) is 0 Å². The van der Waals surface area contributed by atoms with Crippen LogP contribution in [0.25, 0.3) is 11.0 Å². The predicted octanol–water partition coefficient (Wildman–Crippen LogP) is 3.91. The van der Waals surface area contributed by atoms with Gasteiger partial charge in [-0.15, -0.1) is 0 Å². The minimum atomic E-state index is 0.282. The summed E-state index contributed by atoms with van der Waals surface area (Å²) in [6, 6.07) is 17.1. The first-order valence-electron chi connectivity index (χ1n) is 8.38. The first-order valence-corrected chi connectivity index (χ1v) is 8.38. The highest BCUT2D eigenvalue weighted by atomic mass is 15.1. The molecular weight excluding hydrogens is 296 g/mol. The highest BCUT2D eigenvalue weighted by molar-refractivity contribution is 5.75. The van der Waals surface area contributed by atoms with E-state index in [9.17, 15) is 0 Å². The molecule has 0 bridgehead atoms. The number of anilines is 1. The molecule has 24 heavy (non-hydrogen) atoms. The van der Waals surface area contributed by atoms with Gasteiger partial charge in [0.1, 0.15) is 5.82 Å². The normalized spacial score (nSPS) is 12.5. The Bertz CT molecular complexity index is 796. The fourth-order valence-electron chi connectivity index (χ4n) is 2.82. The third-order valence-corrected chi connectivity index (χ3v) is 4.32. The number of nitrogens with one attached hydrogen (secondary N) is 1. The molecule has 4 heteroatoms. The van der Waals surface area contributed by atoms with E-state index < -0.39 is 0 Å². The number of hydrogen-bond donors (Lipinski definition) is 1. The lowest BCUT2D eigenvalue weighted by molar-refractivity contribution is 0.311. The van der Waals surface area contributed by atoms with Crippen LogP contribution in [0.4, 0.5) is 5.82 Å². The SMILES string of the molecule is CCc1ccc(C(CNc2cnc3ccccc3n2)N(C)C)cc1. The molecule has 124 valence electrons. The lowest BCUT2D eigenvalue weighted by Gasteiger charge is -2.25. The molecule has 1 heterocycles. The lowest BCUT2D eigenvalue weighted by Crippen LogP contribution is -2.27. The Labute approximate surface area is 143 Å². The van der Waals surface area contributed by atoms with Gasteiger partial charge in [-0.05, 0) is 43.8 Å². The van der Waals surface area contributed by atoms with E-state index in [1.807, 2.05) is 24.3 Å². The van der Waals surface area contributed by atoms with Gasteiger partial charge in [0.15, 0.2) is 0 Å². The first kappa shape index (κ1) is 16.4. The van der Waals surface area contributed by atoms with Crippen molar-refractivity contribution in [3.63, 3.8) is 0 Å². The number of nitrogens with zero attached hydrogens (tertiary/aromatic N) is 3. The topological polar surface area (TPSA) is 41.1 Å². The number of likely N-dealkylation sites (N-methyl/N-ethyl adjacent to an activating group) is 1. The molecule has 0 saturated heterocycles. The molecule has 2 aromatic carbocycles. The number of rotatable bonds is 6. The molecule has 0 radical (unpaired) electrons. The van der Waals surface area contributed by atoms with Crippen molar-refractivity contribution in [3.8, 4) is 0 Å². The van der Waals surface area contributed by atoms with Gasteiger partial charge in [-0.2, -0.15) is 0 Å². The quantitative estimate of drug-likeness (QED) is 0.748. The molecule has 0 saturated carbocycles. The number of aromatic nitrogens is 2. The van der Waals surface area contributed by atoms with Crippen molar-refractivity contribution in [1.82, 2.24) is 14.9 Å². The Morgan fingerprint density at radius 2 is 1.71 bits per heavy atom. The number of benzene rings is 2. The molecular formula is C20H24N4. The fourth-order valence-corrected chi connectivity index (χ4v) is 2.82. The summed E-state index contributed by atoms with van der Waals surface area (Å²) in [6.07, 6.45) is 2.87. The number of para-hydroxylation sites is 2. The standard InChI is InChI=1S/C20H24N4/c1-4-15-9-11-16(12-10-15)19(24(2)3)13-22-20-14-21-17-7-5-6-8-18(17)23-20/h5-12,14,19H,4,13H2,1-3H3,(H,22,23). The maximum Gasteiger partial charge on any atom is 0.145 e. The Balaban J connectivity index is 1.75. The van der Waals surface area contributed by atoms with Crippen LogP contribution in [0.5, 0.6) is 0 Å². The summed E-state index contributed by atoms with van der Waals surface area (Å²) in [6.45, 7) is 2.96. The molecule has 0 fully saturated rings. The van der Waals surface area contributed by atoms with Crippen LogP contribution in [0.15, 0.2) is 54.7 Å². The van der Waals surface area contributed by atoms with Crippen LogP contribution >= 0.6 is 0 Å². The monoisotopic (exact) mass is 320 g/mol. The van der Waals surface area contributed by atoms with E-state index in [1.54, 1.807) is 6.20 Å². The van der Waals surface area contributed by atoms with Gasteiger partial charge >= 0.3 is 0 Å². The number of hydrogen-bond acceptors (Lipinski definition) is 4. The van der Waals surface area contributed by atoms with Crippen molar-refractivity contribution in [2.45, 2.75) is 19.4 Å². The summed E-state index contributed by atoms with van der Waals surface area (Å²) in [5.74, 6) is 0.811. The zero-order valence-electron chi connectivity index (χ0n) is 14.5. The molecule has 1 aromatic heterocycles. The molecule has 1 atom stereocenters. The molecule has 3 aromatic rings. The van der Waals surface area contributed by atoms with Gasteiger partial charge in [0, 0.05) is 6.54 Å². The highest BCUT2D eigenvalue weighted by Crippen LogP contribution is 2.20. The summed E-state index contributed by atoms with van der Waals surface area (Å²) in [7, 11) is 4.21. The largest absolute Gasteiger partial charge is 0.367 e. The summed E-state index contributed by atoms with van der Waals surface area (Å²) in [5, 5.41) is 3.43. The van der Waals surface area contributed by atoms with Crippen molar-refractivity contribution >= 4 is 16.9 Å². The summed E-state index contributed by atoms with van der Waals surface area (Å²) < 4.78 is 0. The second-order valence-corrected chi connectivity index (χ2v) is 6.20. The smallest absolute Gasteiger partial charge is 0.145 e. The van der Waals surface area contributed by atoms with Crippen LogP contribution in [0, 0.1) is 0 Å². The molecule has 4 nitrogen and oxygen atoms in total. The fraction of sp³-hybridized carbons (Fsp3) is 0.300. The Kier molecular flexibility index (Phi) is 5.06. The van der Waals surface area contributed by atoms with Crippen LogP contribution in [-0.2, 0) is 6.42 Å². The van der Waals surface area contributed by atoms with Gasteiger partial charge in [0.05, 0.1) is 23.3 Å². The zero-order valence-corrected chi connectivity index (χ0v) is 14.5. The van der Waals surface area contributed by atoms with Gasteiger partial charge in [-0.25, -0.2) is 4.98 Å². The Hall–Kier alpha value is -2.46. The van der Waals surface area contributed by atoms with Gasteiger partial charge in [0.2, 0.25) is 0 Å². The molecule has 0 aliphatic carbocycles. The molecule has 1 N–H and O–H groups in total. The lowest BCUT2D eigenvalue weighted by atomic mass is 10.0. The predicted molar refractivity (Wildman–Crippen MR) is 100 cm³/mol. The van der Waals surface area contributed by atoms with Crippen LogP contribution in [0.3, 0.4) is 0 Å². The second kappa shape index (κ2) is 7.41. The minimum absolute atomic E-state index is 0.282. The van der Waals surface area contributed by atoms with E-state index in [0.29, 0.717) is 0 Å². The van der Waals surface area contributed by atoms with Gasteiger partial charge in [-0.3, -0.25) is 4.98 Å². The first-order chi connectivity index (χ1) is 11.7. The van der Waals surface area contributed by atoms with E-state index in [0.717, 1.165) is 29.8 Å². The molecule has 1 unspecified atom stereocenters. The van der Waals surface area contributed by atoms with E-state index >= 15 is 0 Å². The molecule has 0 amide bonds. The van der Waals surface area contributed by atoms with Crippen LogP contribution in [0.1, 0.15) is 24.1 Å². The van der Waals surface area contributed by atoms with Crippen LogP contribution < -0.4 is 5.32 Å². The maximum atomic E-state index is 4.64. The van der Waals surface area contributed by atoms with E-state index in [2.05, 4.69) is 65.5 Å². The molecule has 3 rings (SSSR count). The average molecular weight is 320 g/mol. The van der Waals surface area contributed by atoms with Crippen LogP contribution in [-0.4, -0.2) is 35.5 Å². The summed E-state index contributed by atoms with van der Waals surface area (Å²) in [4.78, 5) is 11.3. The van der Waals surface area contributed by atoms with Crippen molar-refractivity contribution < 1.29 is 0 Å². The van der Waals surface area contributed by atoms with E-state index in [1.165, 1.54) is 11.1 Å². The third-order valence-electron chi connectivity index (χ3n) is 4.32. The van der Waals surface area contributed by atoms with E-state index in [-0.39, 0.29) is 6.04 Å². The van der Waals surface area contributed by atoms with Crippen molar-refractivity contribution in [3.05, 3.63) is 65.9 Å². The molecule has 0 spiro atoms. The third kappa shape index (κ3) is 3.71. The van der Waals surface area contributed by atoms with E-state index in [4.69, 9.17) is 0 Å². The van der Waals surface area contributed by atoms with Crippen molar-refractivity contribution in [2.24, 2.45) is 0 Å².